The number of benzene rings is 1. The molecule has 1 aromatic rings. The van der Waals surface area contributed by atoms with Crippen LogP contribution in [0.2, 0.25) is 0 Å². The van der Waals surface area contributed by atoms with E-state index in [1.165, 1.54) is 0 Å². The van der Waals surface area contributed by atoms with Gasteiger partial charge in [-0.15, -0.1) is 0 Å². The number of cyclic esters (lactones) is 1. The van der Waals surface area contributed by atoms with Crippen LogP contribution >= 0.6 is 24.0 Å². The van der Waals surface area contributed by atoms with E-state index in [9.17, 15) is 13.6 Å². The first-order valence-electron chi connectivity index (χ1n) is 5.83. The lowest BCUT2D eigenvalue weighted by molar-refractivity contribution is -0.139. The molecule has 4 nitrogen and oxygen atoms in total. The van der Waals surface area contributed by atoms with Crippen LogP contribution in [0.15, 0.2) is 29.2 Å². The van der Waals surface area contributed by atoms with Gasteiger partial charge in [0.25, 0.3) is 5.76 Å². The van der Waals surface area contributed by atoms with E-state index in [0.717, 1.165) is 0 Å². The molecule has 1 saturated heterocycles. The number of thiocarbonyl (C=S) groups is 1. The number of alkyl halides is 2. The van der Waals surface area contributed by atoms with Crippen LogP contribution in [0.3, 0.4) is 0 Å². The van der Waals surface area contributed by atoms with Crippen LogP contribution in [-0.4, -0.2) is 29.5 Å². The maximum Gasteiger partial charge on any atom is 0.328 e. The second-order valence-corrected chi connectivity index (χ2v) is 5.48. The van der Waals surface area contributed by atoms with Crippen LogP contribution in [0.25, 0.3) is 0 Å². The summed E-state index contributed by atoms with van der Waals surface area (Å²) in [5.41, 5.74) is 0.660. The maximum atomic E-state index is 12.2. The van der Waals surface area contributed by atoms with Crippen LogP contribution in [-0.2, 0) is 9.53 Å². The monoisotopic (exact) mass is 318 g/mol. The summed E-state index contributed by atoms with van der Waals surface area (Å²) in [5, 5.41) is 6.02. The summed E-state index contributed by atoms with van der Waals surface area (Å²) in [4.78, 5) is 11.7. The largest absolute Gasteiger partial charge is 0.464 e. The molecule has 20 heavy (non-hydrogen) atoms. The highest BCUT2D eigenvalue weighted by Gasteiger charge is 2.26. The zero-order chi connectivity index (χ0) is 14.5. The Labute approximate surface area is 124 Å². The molecule has 0 radical (unpaired) electrons. The first kappa shape index (κ1) is 15.0. The Balaban J connectivity index is 1.86. The summed E-state index contributed by atoms with van der Waals surface area (Å²) < 4.78 is 29.1. The number of halogens is 2. The van der Waals surface area contributed by atoms with Gasteiger partial charge in [-0.05, 0) is 36.5 Å². The molecular weight excluding hydrogens is 306 g/mol. The van der Waals surface area contributed by atoms with E-state index in [-0.39, 0.29) is 5.97 Å². The van der Waals surface area contributed by atoms with Crippen LogP contribution in [0.4, 0.5) is 14.5 Å². The van der Waals surface area contributed by atoms with Crippen molar-refractivity contribution < 1.29 is 18.3 Å². The number of carbonyl (C=O) groups is 1. The number of hydrogen-bond donors (Lipinski definition) is 2. The van der Waals surface area contributed by atoms with Crippen LogP contribution in [0, 0.1) is 0 Å². The number of carbonyl (C=O) groups excluding carboxylic acids is 1. The molecule has 2 rings (SSSR count). The fraction of sp³-hybridized carbons (Fsp3) is 0.333. The highest BCUT2D eigenvalue weighted by atomic mass is 32.2. The Morgan fingerprint density at radius 2 is 2.10 bits per heavy atom. The first-order valence-corrected chi connectivity index (χ1v) is 7.12. The third-order valence-electron chi connectivity index (χ3n) is 2.58. The van der Waals surface area contributed by atoms with Gasteiger partial charge in [-0.3, -0.25) is 0 Å². The predicted octanol–water partition coefficient (Wildman–Crippen LogP) is 2.60. The SMILES string of the molecule is O=C1OCC[C@@H]1NC(=S)Nc1ccc(SC(F)F)cc1. The highest BCUT2D eigenvalue weighted by molar-refractivity contribution is 7.99. The molecule has 0 unspecified atom stereocenters. The van der Waals surface area contributed by atoms with Gasteiger partial charge in [0.15, 0.2) is 5.11 Å². The Hall–Kier alpha value is -1.41. The van der Waals surface area contributed by atoms with Gasteiger partial charge in [-0.25, -0.2) is 4.79 Å². The molecule has 1 heterocycles. The van der Waals surface area contributed by atoms with Gasteiger partial charge in [-0.2, -0.15) is 8.78 Å². The smallest absolute Gasteiger partial charge is 0.328 e. The average Bonchev–Trinajstić information content (AvgIpc) is 2.77. The molecular formula is C12H12F2N2O2S2. The average molecular weight is 318 g/mol. The first-order chi connectivity index (χ1) is 9.54. The van der Waals surface area contributed by atoms with Gasteiger partial charge in [0.05, 0.1) is 6.61 Å². The standard InChI is InChI=1S/C12H12F2N2O2S2/c13-11(14)20-8-3-1-7(2-4-8)15-12(19)16-9-5-6-18-10(9)17/h1-4,9,11H,5-6H2,(H2,15,16,19)/t9-/m0/s1. The van der Waals surface area contributed by atoms with E-state index in [1.54, 1.807) is 24.3 Å². The summed E-state index contributed by atoms with van der Waals surface area (Å²) in [6.45, 7) is 0.388. The number of ether oxygens (including phenoxy) is 1. The lowest BCUT2D eigenvalue weighted by atomic mass is 10.2. The zero-order valence-corrected chi connectivity index (χ0v) is 11.9. The Morgan fingerprint density at radius 1 is 1.40 bits per heavy atom. The van der Waals surface area contributed by atoms with Gasteiger partial charge in [0, 0.05) is 17.0 Å². The van der Waals surface area contributed by atoms with Crippen LogP contribution < -0.4 is 10.6 Å². The van der Waals surface area contributed by atoms with Crippen LogP contribution in [0.1, 0.15) is 6.42 Å². The van der Waals surface area contributed by atoms with E-state index >= 15 is 0 Å². The summed E-state index contributed by atoms with van der Waals surface area (Å²) in [6.07, 6.45) is 0.574. The van der Waals surface area contributed by atoms with Gasteiger partial charge < -0.3 is 15.4 Å². The van der Waals surface area contributed by atoms with Crippen molar-refractivity contribution in [3.8, 4) is 0 Å². The molecule has 1 aliphatic heterocycles. The van der Waals surface area contributed by atoms with Gasteiger partial charge in [-0.1, -0.05) is 11.8 Å². The second kappa shape index (κ2) is 6.85. The minimum Gasteiger partial charge on any atom is -0.464 e. The van der Waals surface area contributed by atoms with E-state index in [0.29, 0.717) is 40.5 Å². The Kier molecular flexibility index (Phi) is 5.13. The highest BCUT2D eigenvalue weighted by Crippen LogP contribution is 2.26. The summed E-state index contributed by atoms with van der Waals surface area (Å²) in [6, 6.07) is 6.01. The number of nitrogens with one attached hydrogen (secondary N) is 2. The topological polar surface area (TPSA) is 50.4 Å². The molecule has 1 aromatic carbocycles. The lowest BCUT2D eigenvalue weighted by Crippen LogP contribution is -2.40. The number of rotatable bonds is 4. The molecule has 0 aliphatic carbocycles. The van der Waals surface area contributed by atoms with Gasteiger partial charge >= 0.3 is 5.97 Å². The fourth-order valence-electron chi connectivity index (χ4n) is 1.67. The van der Waals surface area contributed by atoms with Crippen molar-refractivity contribution in [2.24, 2.45) is 0 Å². The molecule has 1 aliphatic rings. The molecule has 2 N–H and O–H groups in total. The van der Waals surface area contributed by atoms with Crippen molar-refractivity contribution >= 4 is 40.7 Å². The zero-order valence-electron chi connectivity index (χ0n) is 10.3. The molecule has 0 spiro atoms. The summed E-state index contributed by atoms with van der Waals surface area (Å²) >= 11 is 5.55. The fourth-order valence-corrected chi connectivity index (χ4v) is 2.43. The Bertz CT molecular complexity index is 497. The third-order valence-corrected chi connectivity index (χ3v) is 3.52. The van der Waals surface area contributed by atoms with E-state index in [2.05, 4.69) is 10.6 Å². The van der Waals surface area contributed by atoms with Crippen molar-refractivity contribution in [2.75, 3.05) is 11.9 Å². The maximum absolute atomic E-state index is 12.2. The summed E-state index contributed by atoms with van der Waals surface area (Å²) in [7, 11) is 0. The lowest BCUT2D eigenvalue weighted by Gasteiger charge is -2.13. The molecule has 1 atom stereocenters. The van der Waals surface area contributed by atoms with Crippen molar-refractivity contribution in [3.63, 3.8) is 0 Å². The molecule has 108 valence electrons. The molecule has 1 fully saturated rings. The van der Waals surface area contributed by atoms with Crippen molar-refractivity contribution in [1.82, 2.24) is 5.32 Å². The number of hydrogen-bond acceptors (Lipinski definition) is 4. The van der Waals surface area contributed by atoms with Crippen molar-refractivity contribution in [3.05, 3.63) is 24.3 Å². The molecule has 8 heteroatoms. The van der Waals surface area contributed by atoms with E-state index in [1.807, 2.05) is 0 Å². The Morgan fingerprint density at radius 3 is 2.65 bits per heavy atom. The van der Waals surface area contributed by atoms with Gasteiger partial charge in [0.2, 0.25) is 0 Å². The predicted molar refractivity (Wildman–Crippen MR) is 77.0 cm³/mol. The minimum absolute atomic E-state index is 0.295. The summed E-state index contributed by atoms with van der Waals surface area (Å²) in [5.74, 6) is -2.76. The third kappa shape index (κ3) is 4.31. The van der Waals surface area contributed by atoms with Gasteiger partial charge in [0.1, 0.15) is 6.04 Å². The number of esters is 1. The number of thioether (sulfide) groups is 1. The molecule has 0 amide bonds. The van der Waals surface area contributed by atoms with Crippen LogP contribution in [0.5, 0.6) is 0 Å². The van der Waals surface area contributed by atoms with Crippen molar-refractivity contribution in [2.45, 2.75) is 23.1 Å². The second-order valence-electron chi connectivity index (χ2n) is 4.01. The normalized spacial score (nSPS) is 17.9. The molecule has 0 bridgehead atoms. The molecule has 0 aromatic heterocycles. The van der Waals surface area contributed by atoms with E-state index in [4.69, 9.17) is 17.0 Å². The minimum atomic E-state index is -2.44. The van der Waals surface area contributed by atoms with Crippen molar-refractivity contribution in [1.29, 1.82) is 0 Å². The van der Waals surface area contributed by atoms with E-state index < -0.39 is 11.8 Å². The number of anilines is 1. The quantitative estimate of drug-likeness (QED) is 0.506. The molecule has 0 saturated carbocycles.